The Morgan fingerprint density at radius 2 is 1.86 bits per heavy atom. The average Bonchev–Trinajstić information content (AvgIpc) is 2.95. The van der Waals surface area contributed by atoms with Crippen molar-refractivity contribution in [1.82, 2.24) is 10.6 Å². The van der Waals surface area contributed by atoms with Gasteiger partial charge in [0, 0.05) is 21.2 Å². The van der Waals surface area contributed by atoms with Crippen molar-refractivity contribution in [3.05, 3.63) is 58.4 Å². The number of anilines is 1. The van der Waals surface area contributed by atoms with E-state index in [4.69, 9.17) is 21.2 Å². The molecule has 0 saturated heterocycles. The highest BCUT2D eigenvalue weighted by Crippen LogP contribution is 2.37. The molecule has 7 nitrogen and oxygen atoms in total. The topological polar surface area (TPSA) is 95.6 Å². The van der Waals surface area contributed by atoms with Crippen LogP contribution in [0.25, 0.3) is 0 Å². The first-order valence-electron chi connectivity index (χ1n) is 11.0. The van der Waals surface area contributed by atoms with E-state index in [0.29, 0.717) is 39.7 Å². The number of amides is 1. The van der Waals surface area contributed by atoms with Crippen molar-refractivity contribution < 1.29 is 23.6 Å². The van der Waals surface area contributed by atoms with Crippen LogP contribution in [0, 0.1) is 5.82 Å². The quantitative estimate of drug-likeness (QED) is 0.572. The number of carbonyl (C=O) groups is 2. The molecule has 2 N–H and O–H groups in total. The molecule has 1 saturated carbocycles. The zero-order valence-electron chi connectivity index (χ0n) is 19.9. The monoisotopic (exact) mass is 521 g/mol. The molecular formula is C25H29ClFN3O4S. The zero-order valence-corrected chi connectivity index (χ0v) is 21.5. The van der Waals surface area contributed by atoms with Gasteiger partial charge in [-0.05, 0) is 70.1 Å². The fraction of sp³-hybridized carbons (Fsp3) is 0.400. The lowest BCUT2D eigenvalue weighted by Gasteiger charge is -2.37. The van der Waals surface area contributed by atoms with Crippen LogP contribution in [0.1, 0.15) is 42.1 Å². The largest absolute Gasteiger partial charge is 0.373 e. The van der Waals surface area contributed by atoms with Crippen LogP contribution in [0.5, 0.6) is 0 Å². The second kappa shape index (κ2) is 13.5. The summed E-state index contributed by atoms with van der Waals surface area (Å²) in [6.07, 6.45) is 4.86. The molecule has 1 aliphatic carbocycles. The molecule has 1 heterocycles. The maximum atomic E-state index is 14.0. The van der Waals surface area contributed by atoms with Gasteiger partial charge in [0.2, 0.25) is 5.91 Å². The average molecular weight is 522 g/mol. The predicted octanol–water partition coefficient (Wildman–Crippen LogP) is 4.08. The van der Waals surface area contributed by atoms with Gasteiger partial charge in [0.05, 0.1) is 23.8 Å². The highest BCUT2D eigenvalue weighted by atomic mass is 35.5. The Morgan fingerprint density at radius 1 is 1.23 bits per heavy atom. The Bertz CT molecular complexity index is 1050. The number of carbonyl (C=O) groups excluding carboxylic acids is 4. The number of rotatable bonds is 5. The van der Waals surface area contributed by atoms with Crippen molar-refractivity contribution in [2.75, 3.05) is 24.7 Å². The normalized spacial score (nSPS) is 17.8. The van der Waals surface area contributed by atoms with Gasteiger partial charge in [0.15, 0.2) is 6.29 Å². The lowest BCUT2D eigenvalue weighted by Crippen LogP contribution is -2.45. The Morgan fingerprint density at radius 3 is 2.31 bits per heavy atom. The summed E-state index contributed by atoms with van der Waals surface area (Å²) in [7, 11) is 3.76. The Hall–Kier alpha value is -2.55. The van der Waals surface area contributed by atoms with Gasteiger partial charge in [-0.2, -0.15) is 9.59 Å². The van der Waals surface area contributed by atoms with E-state index in [-0.39, 0.29) is 17.6 Å². The first-order valence-corrected chi connectivity index (χ1v) is 12.4. The van der Waals surface area contributed by atoms with Crippen molar-refractivity contribution in [2.24, 2.45) is 0 Å². The summed E-state index contributed by atoms with van der Waals surface area (Å²) < 4.78 is 14.0. The summed E-state index contributed by atoms with van der Waals surface area (Å²) in [5.74, 6) is -0.213. The van der Waals surface area contributed by atoms with Gasteiger partial charge < -0.3 is 15.5 Å². The maximum Gasteiger partial charge on any atom is 0.373 e. The molecule has 0 radical (unpaired) electrons. The number of likely N-dealkylation sites (N-methyl/N-ethyl adjacent to an activating group) is 1. The van der Waals surface area contributed by atoms with Gasteiger partial charge in [-0.3, -0.25) is 9.59 Å². The summed E-state index contributed by atoms with van der Waals surface area (Å²) in [4.78, 5) is 42.5. The van der Waals surface area contributed by atoms with Gasteiger partial charge in [-0.1, -0.05) is 23.7 Å². The SMILES string of the molecule is CNC1(C)CCC1.CN[C@H]1CSc2cc(F)c(C=O)cc2N(Cc2ccc(Cl)cc2)C1=O.O=C=O. The van der Waals surface area contributed by atoms with Crippen LogP contribution >= 0.6 is 23.4 Å². The standard InChI is InChI=1S/C18H16ClFN2O2S.C6H13N.CO2/c1-21-15-10-25-17-7-14(20)12(9-23)6-16(17)22(18(15)24)8-11-2-4-13(19)5-3-11;1-6(7-2)4-3-5-6;2-1-3/h2-7,9,15,21H,8,10H2,1H3;7H,3-5H2,1-2H3;/t15-;;/m0../s1. The fourth-order valence-corrected chi connectivity index (χ4v) is 4.91. The summed E-state index contributed by atoms with van der Waals surface area (Å²) in [6.45, 7) is 2.59. The number of fused-ring (bicyclic) bond motifs is 1. The fourth-order valence-electron chi connectivity index (χ4n) is 3.63. The van der Waals surface area contributed by atoms with E-state index in [1.54, 1.807) is 24.1 Å². The number of nitrogens with zero attached hydrogens (tertiary/aromatic N) is 1. The first kappa shape index (κ1) is 28.7. The first-order chi connectivity index (χ1) is 16.7. The van der Waals surface area contributed by atoms with E-state index in [9.17, 15) is 14.0 Å². The molecule has 0 spiro atoms. The summed E-state index contributed by atoms with van der Waals surface area (Å²) >= 11 is 7.31. The summed E-state index contributed by atoms with van der Waals surface area (Å²) in [5.41, 5.74) is 1.89. The molecule has 1 atom stereocenters. The second-order valence-electron chi connectivity index (χ2n) is 8.41. The van der Waals surface area contributed by atoms with Crippen molar-refractivity contribution >= 4 is 47.4 Å². The molecule has 2 aromatic rings. The summed E-state index contributed by atoms with van der Waals surface area (Å²) in [5, 5.41) is 6.89. The second-order valence-corrected chi connectivity index (χ2v) is 9.91. The van der Waals surface area contributed by atoms with Gasteiger partial charge in [-0.15, -0.1) is 11.8 Å². The molecule has 0 aromatic heterocycles. The van der Waals surface area contributed by atoms with Gasteiger partial charge in [0.25, 0.3) is 0 Å². The number of aldehydes is 1. The van der Waals surface area contributed by atoms with Crippen LogP contribution < -0.4 is 15.5 Å². The molecule has 1 aliphatic heterocycles. The van der Waals surface area contributed by atoms with Gasteiger partial charge >= 0.3 is 6.15 Å². The van der Waals surface area contributed by atoms with Gasteiger partial charge in [-0.25, -0.2) is 4.39 Å². The van der Waals surface area contributed by atoms with Crippen LogP contribution in [-0.2, 0) is 20.9 Å². The molecule has 0 unspecified atom stereocenters. The van der Waals surface area contributed by atoms with Crippen molar-refractivity contribution in [2.45, 2.75) is 49.2 Å². The minimum atomic E-state index is -0.581. The van der Waals surface area contributed by atoms with Crippen molar-refractivity contribution in [1.29, 1.82) is 0 Å². The highest BCUT2D eigenvalue weighted by molar-refractivity contribution is 7.99. The zero-order chi connectivity index (χ0) is 26.0. The molecule has 2 aliphatic rings. The number of benzene rings is 2. The van der Waals surface area contributed by atoms with Crippen LogP contribution in [0.2, 0.25) is 5.02 Å². The minimum absolute atomic E-state index is 0.0591. The molecular weight excluding hydrogens is 493 g/mol. The highest BCUT2D eigenvalue weighted by Gasteiger charge is 2.31. The maximum absolute atomic E-state index is 14.0. The Labute approximate surface area is 213 Å². The lowest BCUT2D eigenvalue weighted by atomic mass is 9.79. The molecule has 2 aromatic carbocycles. The Kier molecular flexibility index (Phi) is 11.1. The van der Waals surface area contributed by atoms with E-state index in [0.717, 1.165) is 5.56 Å². The van der Waals surface area contributed by atoms with E-state index in [1.807, 2.05) is 19.2 Å². The third-order valence-corrected chi connectivity index (χ3v) is 7.52. The number of halogens is 2. The van der Waals surface area contributed by atoms with Crippen molar-refractivity contribution in [3.63, 3.8) is 0 Å². The third kappa shape index (κ3) is 7.72. The van der Waals surface area contributed by atoms with Crippen LogP contribution in [-0.4, -0.2) is 49.8 Å². The third-order valence-electron chi connectivity index (χ3n) is 6.13. The Balaban J connectivity index is 0.000000361. The van der Waals surface area contributed by atoms with E-state index < -0.39 is 11.9 Å². The van der Waals surface area contributed by atoms with Gasteiger partial charge in [0.1, 0.15) is 5.82 Å². The number of hydrogen-bond acceptors (Lipinski definition) is 7. The van der Waals surface area contributed by atoms with Crippen molar-refractivity contribution in [3.8, 4) is 0 Å². The molecule has 0 bridgehead atoms. The summed E-state index contributed by atoms with van der Waals surface area (Å²) in [6, 6.07) is 9.56. The van der Waals surface area contributed by atoms with Crippen LogP contribution in [0.3, 0.4) is 0 Å². The molecule has 10 heteroatoms. The molecule has 1 amide bonds. The van der Waals surface area contributed by atoms with Crippen LogP contribution in [0.15, 0.2) is 41.3 Å². The number of nitrogens with one attached hydrogen (secondary N) is 2. The predicted molar refractivity (Wildman–Crippen MR) is 134 cm³/mol. The van der Waals surface area contributed by atoms with E-state index >= 15 is 0 Å². The molecule has 188 valence electrons. The van der Waals surface area contributed by atoms with E-state index in [1.165, 1.54) is 43.2 Å². The number of hydrogen-bond donors (Lipinski definition) is 2. The number of thioether (sulfide) groups is 1. The molecule has 4 rings (SSSR count). The smallest absolute Gasteiger partial charge is 0.315 e. The molecule has 1 fully saturated rings. The van der Waals surface area contributed by atoms with E-state index in [2.05, 4.69) is 17.6 Å². The van der Waals surface area contributed by atoms with Crippen LogP contribution in [0.4, 0.5) is 10.1 Å². The minimum Gasteiger partial charge on any atom is -0.315 e. The molecule has 35 heavy (non-hydrogen) atoms. The lowest BCUT2D eigenvalue weighted by molar-refractivity contribution is -0.191.